The molecule has 0 saturated heterocycles. The molecule has 0 aliphatic rings. The van der Waals surface area contributed by atoms with Crippen LogP contribution in [0.1, 0.15) is 10.5 Å². The first-order valence-electron chi connectivity index (χ1n) is 4.11. The largest absolute Gasteiger partial charge is 0.468 e. The molecule has 0 atom stereocenters. The van der Waals surface area contributed by atoms with Gasteiger partial charge in [0.05, 0.1) is 7.11 Å². The van der Waals surface area contributed by atoms with E-state index in [1.54, 1.807) is 25.4 Å². The zero-order valence-corrected chi connectivity index (χ0v) is 8.11. The summed E-state index contributed by atoms with van der Waals surface area (Å²) in [5, 5.41) is 0. The molecule has 1 rings (SSSR count). The first-order valence-corrected chi connectivity index (χ1v) is 4.11. The number of likely N-dealkylation sites (N-methyl/N-ethyl adjacent to an activating group) is 1. The molecule has 1 heterocycles. The van der Waals surface area contributed by atoms with Gasteiger partial charge < -0.3 is 14.6 Å². The second-order valence-electron chi connectivity index (χ2n) is 2.82. The maximum Gasteiger partial charge on any atom is 0.325 e. The molecule has 0 aliphatic heterocycles. The molecule has 1 aromatic rings. The number of H-pyrrole nitrogens is 1. The Kier molecular flexibility index (Phi) is 3.28. The topological polar surface area (TPSA) is 62.4 Å². The SMILES string of the molecule is COC(=O)CN(C)C(=O)c1ccc[nH]1. The average molecular weight is 196 g/mol. The summed E-state index contributed by atoms with van der Waals surface area (Å²) in [6.45, 7) is -0.0473. The molecule has 0 unspecified atom stereocenters. The summed E-state index contributed by atoms with van der Waals surface area (Å²) in [5.41, 5.74) is 0.455. The van der Waals surface area contributed by atoms with Gasteiger partial charge in [-0.25, -0.2) is 0 Å². The van der Waals surface area contributed by atoms with Gasteiger partial charge in [-0.3, -0.25) is 9.59 Å². The molecule has 5 heteroatoms. The molecule has 0 spiro atoms. The highest BCUT2D eigenvalue weighted by Gasteiger charge is 2.15. The molecule has 1 N–H and O–H groups in total. The van der Waals surface area contributed by atoms with E-state index in [0.29, 0.717) is 5.69 Å². The van der Waals surface area contributed by atoms with E-state index in [0.717, 1.165) is 0 Å². The van der Waals surface area contributed by atoms with Gasteiger partial charge in [0.15, 0.2) is 0 Å². The lowest BCUT2D eigenvalue weighted by Crippen LogP contribution is -2.32. The van der Waals surface area contributed by atoms with Gasteiger partial charge >= 0.3 is 5.97 Å². The Hall–Kier alpha value is -1.78. The van der Waals surface area contributed by atoms with Gasteiger partial charge in [0.1, 0.15) is 12.2 Å². The number of esters is 1. The second-order valence-corrected chi connectivity index (χ2v) is 2.82. The van der Waals surface area contributed by atoms with Crippen LogP contribution in [-0.2, 0) is 9.53 Å². The normalized spacial score (nSPS) is 9.57. The van der Waals surface area contributed by atoms with Gasteiger partial charge in [-0.1, -0.05) is 0 Å². The number of nitrogens with zero attached hydrogens (tertiary/aromatic N) is 1. The van der Waals surface area contributed by atoms with Gasteiger partial charge in [-0.15, -0.1) is 0 Å². The van der Waals surface area contributed by atoms with Gasteiger partial charge in [0, 0.05) is 13.2 Å². The third-order valence-corrected chi connectivity index (χ3v) is 1.77. The van der Waals surface area contributed by atoms with Crippen LogP contribution in [0.4, 0.5) is 0 Å². The number of methoxy groups -OCH3 is 1. The third-order valence-electron chi connectivity index (χ3n) is 1.77. The minimum absolute atomic E-state index is 0.0473. The number of nitrogens with one attached hydrogen (secondary N) is 1. The number of hydrogen-bond acceptors (Lipinski definition) is 3. The van der Waals surface area contributed by atoms with Gasteiger partial charge in [-0.2, -0.15) is 0 Å². The number of aromatic amines is 1. The number of aromatic nitrogens is 1. The maximum absolute atomic E-state index is 11.5. The fourth-order valence-electron chi connectivity index (χ4n) is 0.999. The number of hydrogen-bond donors (Lipinski definition) is 1. The van der Waals surface area contributed by atoms with Gasteiger partial charge in [0.25, 0.3) is 5.91 Å². The number of amides is 1. The molecule has 0 aromatic carbocycles. The van der Waals surface area contributed by atoms with E-state index in [1.165, 1.54) is 12.0 Å². The minimum Gasteiger partial charge on any atom is -0.468 e. The first kappa shape index (κ1) is 10.3. The van der Waals surface area contributed by atoms with Crippen molar-refractivity contribution < 1.29 is 14.3 Å². The molecular formula is C9H12N2O3. The third kappa shape index (κ3) is 2.35. The van der Waals surface area contributed by atoms with Crippen molar-refractivity contribution in [2.75, 3.05) is 20.7 Å². The van der Waals surface area contributed by atoms with Crippen molar-refractivity contribution in [2.24, 2.45) is 0 Å². The van der Waals surface area contributed by atoms with E-state index in [-0.39, 0.29) is 12.5 Å². The zero-order valence-electron chi connectivity index (χ0n) is 8.11. The molecule has 0 fully saturated rings. The van der Waals surface area contributed by atoms with E-state index >= 15 is 0 Å². The van der Waals surface area contributed by atoms with Crippen LogP contribution in [-0.4, -0.2) is 42.5 Å². The lowest BCUT2D eigenvalue weighted by atomic mass is 10.4. The first-order chi connectivity index (χ1) is 6.65. The summed E-state index contributed by atoms with van der Waals surface area (Å²) in [6.07, 6.45) is 1.65. The lowest BCUT2D eigenvalue weighted by molar-refractivity contribution is -0.141. The summed E-state index contributed by atoms with van der Waals surface area (Å²) in [7, 11) is 2.83. The quantitative estimate of drug-likeness (QED) is 0.705. The van der Waals surface area contributed by atoms with Crippen molar-refractivity contribution in [1.82, 2.24) is 9.88 Å². The number of ether oxygens (including phenoxy) is 1. The Morgan fingerprint density at radius 2 is 2.29 bits per heavy atom. The van der Waals surface area contributed by atoms with E-state index in [1.807, 2.05) is 0 Å². The van der Waals surface area contributed by atoms with E-state index < -0.39 is 5.97 Å². The van der Waals surface area contributed by atoms with Gasteiger partial charge in [-0.05, 0) is 12.1 Å². The van der Waals surface area contributed by atoms with E-state index in [2.05, 4.69) is 9.72 Å². The van der Waals surface area contributed by atoms with Crippen molar-refractivity contribution in [3.63, 3.8) is 0 Å². The standard InChI is InChI=1S/C9H12N2O3/c1-11(6-8(12)14-2)9(13)7-4-3-5-10-7/h3-5,10H,6H2,1-2H3. The average Bonchev–Trinajstić information content (AvgIpc) is 2.69. The molecular weight excluding hydrogens is 184 g/mol. The van der Waals surface area contributed by atoms with Crippen LogP contribution in [0.25, 0.3) is 0 Å². The Balaban J connectivity index is 2.58. The lowest BCUT2D eigenvalue weighted by Gasteiger charge is -2.14. The predicted molar refractivity (Wildman–Crippen MR) is 49.8 cm³/mol. The summed E-state index contributed by atoms with van der Waals surface area (Å²) in [5.74, 6) is -0.673. The van der Waals surface area contributed by atoms with E-state index in [4.69, 9.17) is 0 Å². The Morgan fingerprint density at radius 3 is 2.79 bits per heavy atom. The minimum atomic E-state index is -0.438. The molecule has 76 valence electrons. The van der Waals surface area contributed by atoms with Crippen molar-refractivity contribution >= 4 is 11.9 Å². The summed E-state index contributed by atoms with van der Waals surface area (Å²) < 4.78 is 4.45. The smallest absolute Gasteiger partial charge is 0.325 e. The number of rotatable bonds is 3. The molecule has 5 nitrogen and oxygen atoms in total. The molecule has 0 bridgehead atoms. The molecule has 0 aliphatic carbocycles. The molecule has 0 radical (unpaired) electrons. The zero-order chi connectivity index (χ0) is 10.6. The fourth-order valence-corrected chi connectivity index (χ4v) is 0.999. The van der Waals surface area contributed by atoms with Crippen LogP contribution in [0, 0.1) is 0 Å². The van der Waals surface area contributed by atoms with Crippen LogP contribution in [0.3, 0.4) is 0 Å². The van der Waals surface area contributed by atoms with Crippen LogP contribution in [0.5, 0.6) is 0 Å². The van der Waals surface area contributed by atoms with Gasteiger partial charge in [0.2, 0.25) is 0 Å². The van der Waals surface area contributed by atoms with Crippen LogP contribution in [0.2, 0.25) is 0 Å². The highest BCUT2D eigenvalue weighted by atomic mass is 16.5. The summed E-state index contributed by atoms with van der Waals surface area (Å²) in [4.78, 5) is 26.5. The predicted octanol–water partition coefficient (Wildman–Crippen LogP) is 0.260. The number of carbonyl (C=O) groups is 2. The fraction of sp³-hybridized carbons (Fsp3) is 0.333. The van der Waals surface area contributed by atoms with Crippen LogP contribution >= 0.6 is 0 Å². The maximum atomic E-state index is 11.5. The van der Waals surface area contributed by atoms with Crippen LogP contribution in [0.15, 0.2) is 18.3 Å². The highest BCUT2D eigenvalue weighted by Crippen LogP contribution is 1.99. The Labute approximate surface area is 81.7 Å². The molecule has 14 heavy (non-hydrogen) atoms. The molecule has 1 amide bonds. The van der Waals surface area contributed by atoms with Crippen molar-refractivity contribution in [3.8, 4) is 0 Å². The van der Waals surface area contributed by atoms with E-state index in [9.17, 15) is 9.59 Å². The second kappa shape index (κ2) is 4.45. The Morgan fingerprint density at radius 1 is 1.57 bits per heavy atom. The van der Waals surface area contributed by atoms with Crippen molar-refractivity contribution in [1.29, 1.82) is 0 Å². The van der Waals surface area contributed by atoms with Crippen molar-refractivity contribution in [2.45, 2.75) is 0 Å². The molecule has 0 saturated carbocycles. The highest BCUT2D eigenvalue weighted by molar-refractivity contribution is 5.94. The van der Waals surface area contributed by atoms with Crippen LogP contribution < -0.4 is 0 Å². The monoisotopic (exact) mass is 196 g/mol. The number of carbonyl (C=O) groups excluding carboxylic acids is 2. The summed E-state index contributed by atoms with van der Waals surface area (Å²) in [6, 6.07) is 3.37. The summed E-state index contributed by atoms with van der Waals surface area (Å²) >= 11 is 0. The Bertz CT molecular complexity index is 319. The molecule has 1 aromatic heterocycles. The van der Waals surface area contributed by atoms with Crippen molar-refractivity contribution in [3.05, 3.63) is 24.0 Å².